The molecule has 0 saturated carbocycles. The quantitative estimate of drug-likeness (QED) is 0.528. The van der Waals surface area contributed by atoms with Crippen LogP contribution in [0.5, 0.6) is 0 Å². The molecule has 0 radical (unpaired) electrons. The molecule has 0 spiro atoms. The van der Waals surface area contributed by atoms with Crippen molar-refractivity contribution in [3.63, 3.8) is 0 Å². The van der Waals surface area contributed by atoms with Crippen LogP contribution in [0, 0.1) is 6.92 Å². The summed E-state index contributed by atoms with van der Waals surface area (Å²) in [7, 11) is 0. The van der Waals surface area contributed by atoms with Crippen molar-refractivity contribution in [1.29, 1.82) is 0 Å². The lowest BCUT2D eigenvalue weighted by molar-refractivity contribution is -0.115. The number of carbonyl (C=O) groups is 2. The van der Waals surface area contributed by atoms with Crippen molar-refractivity contribution in [3.05, 3.63) is 95.1 Å². The number of hydrogen-bond acceptors (Lipinski definition) is 3. The maximum Gasteiger partial charge on any atom is 0.255 e. The second-order valence-electron chi connectivity index (χ2n) is 8.08. The Bertz CT molecular complexity index is 1090. The topological polar surface area (TPSA) is 49.4 Å². The Hall–Kier alpha value is -3.05. The van der Waals surface area contributed by atoms with E-state index >= 15 is 0 Å². The van der Waals surface area contributed by atoms with Gasteiger partial charge in [0.05, 0.1) is 5.75 Å². The monoisotopic (exact) mass is 430 g/mol. The van der Waals surface area contributed by atoms with E-state index in [4.69, 9.17) is 0 Å². The van der Waals surface area contributed by atoms with E-state index in [0.29, 0.717) is 17.2 Å². The van der Waals surface area contributed by atoms with Gasteiger partial charge in [0.15, 0.2) is 0 Å². The Morgan fingerprint density at radius 2 is 1.68 bits per heavy atom. The molecule has 4 rings (SSSR count). The van der Waals surface area contributed by atoms with Gasteiger partial charge in [-0.3, -0.25) is 14.5 Å². The van der Waals surface area contributed by atoms with Gasteiger partial charge in [-0.2, -0.15) is 0 Å². The molecule has 1 saturated heterocycles. The molecular formula is C26H26N2O2S. The second-order valence-corrected chi connectivity index (χ2v) is 9.15. The third-order valence-electron chi connectivity index (χ3n) is 5.45. The molecule has 2 amide bonds. The molecule has 1 fully saturated rings. The third-order valence-corrected chi connectivity index (χ3v) is 6.67. The van der Waals surface area contributed by atoms with E-state index in [1.54, 1.807) is 11.8 Å². The fraction of sp³-hybridized carbons (Fsp3) is 0.231. The normalized spacial score (nSPS) is 16.1. The van der Waals surface area contributed by atoms with Crippen molar-refractivity contribution in [3.8, 4) is 0 Å². The van der Waals surface area contributed by atoms with Crippen LogP contribution in [0.4, 0.5) is 11.4 Å². The molecule has 1 heterocycles. The number of rotatable bonds is 5. The largest absolute Gasteiger partial charge is 0.322 e. The first-order chi connectivity index (χ1) is 14.9. The summed E-state index contributed by atoms with van der Waals surface area (Å²) in [5.41, 5.74) is 5.68. The van der Waals surface area contributed by atoms with Crippen LogP contribution < -0.4 is 10.2 Å². The van der Waals surface area contributed by atoms with Crippen molar-refractivity contribution in [2.75, 3.05) is 16.0 Å². The molecule has 4 nitrogen and oxygen atoms in total. The molecule has 3 aromatic carbocycles. The lowest BCUT2D eigenvalue weighted by atomic mass is 10.00. The van der Waals surface area contributed by atoms with Gasteiger partial charge in [-0.1, -0.05) is 61.9 Å². The summed E-state index contributed by atoms with van der Waals surface area (Å²) in [6.45, 7) is 6.29. The third kappa shape index (κ3) is 4.52. The van der Waals surface area contributed by atoms with Gasteiger partial charge >= 0.3 is 0 Å². The van der Waals surface area contributed by atoms with E-state index in [1.807, 2.05) is 78.6 Å². The van der Waals surface area contributed by atoms with Crippen LogP contribution in [0.3, 0.4) is 0 Å². The number of aryl methyl sites for hydroxylation is 1. The number of anilines is 2. The standard InChI is InChI=1S/C26H26N2O2S/c1-17(2)22-6-4-5-7-23(22)28-24(29)16-31-26(28)20-12-14-21(15-13-20)27-25(30)19-10-8-18(3)9-11-19/h4-15,17,26H,16H2,1-3H3,(H,27,30)/t26-/m0/s1. The predicted molar refractivity (Wildman–Crippen MR) is 129 cm³/mol. The lowest BCUT2D eigenvalue weighted by Crippen LogP contribution is -2.29. The molecule has 1 aliphatic heterocycles. The minimum absolute atomic E-state index is 0.0748. The van der Waals surface area contributed by atoms with E-state index in [0.717, 1.165) is 22.5 Å². The maximum atomic E-state index is 12.8. The predicted octanol–water partition coefficient (Wildman–Crippen LogP) is 6.15. The van der Waals surface area contributed by atoms with Crippen molar-refractivity contribution in [1.82, 2.24) is 0 Å². The highest BCUT2D eigenvalue weighted by Gasteiger charge is 2.35. The summed E-state index contributed by atoms with van der Waals surface area (Å²) in [6, 6.07) is 23.4. The number of benzene rings is 3. The van der Waals surface area contributed by atoms with Crippen molar-refractivity contribution in [2.45, 2.75) is 32.1 Å². The first kappa shape index (κ1) is 21.2. The Balaban J connectivity index is 1.55. The zero-order chi connectivity index (χ0) is 22.0. The van der Waals surface area contributed by atoms with Gasteiger partial charge in [0.25, 0.3) is 5.91 Å². The second kappa shape index (κ2) is 8.98. The van der Waals surface area contributed by atoms with Crippen LogP contribution >= 0.6 is 11.8 Å². The maximum absolute atomic E-state index is 12.8. The minimum atomic E-state index is -0.134. The van der Waals surface area contributed by atoms with E-state index in [2.05, 4.69) is 25.2 Å². The van der Waals surface area contributed by atoms with E-state index in [9.17, 15) is 9.59 Å². The molecule has 31 heavy (non-hydrogen) atoms. The molecule has 0 aromatic heterocycles. The SMILES string of the molecule is Cc1ccc(C(=O)Nc2ccc([C@@H]3SCC(=O)N3c3ccccc3C(C)C)cc2)cc1. The van der Waals surface area contributed by atoms with Crippen molar-refractivity contribution >= 4 is 35.0 Å². The van der Waals surface area contributed by atoms with Crippen LogP contribution in [-0.2, 0) is 4.79 Å². The molecular weight excluding hydrogens is 404 g/mol. The van der Waals surface area contributed by atoms with E-state index in [1.165, 1.54) is 5.56 Å². The molecule has 0 bridgehead atoms. The molecule has 1 atom stereocenters. The fourth-order valence-electron chi connectivity index (χ4n) is 3.77. The number of carbonyl (C=O) groups excluding carboxylic acids is 2. The summed E-state index contributed by atoms with van der Waals surface area (Å²) >= 11 is 1.63. The number of hydrogen-bond donors (Lipinski definition) is 1. The Morgan fingerprint density at radius 1 is 1.00 bits per heavy atom. The zero-order valence-electron chi connectivity index (χ0n) is 18.0. The van der Waals surface area contributed by atoms with Crippen LogP contribution in [0.1, 0.15) is 52.2 Å². The molecule has 1 N–H and O–H groups in total. The highest BCUT2D eigenvalue weighted by Crippen LogP contribution is 2.44. The molecule has 0 aliphatic carbocycles. The van der Waals surface area contributed by atoms with Crippen LogP contribution in [0.15, 0.2) is 72.8 Å². The first-order valence-corrected chi connectivity index (χ1v) is 11.5. The van der Waals surface area contributed by atoms with Gasteiger partial charge in [-0.15, -0.1) is 11.8 Å². The van der Waals surface area contributed by atoms with E-state index < -0.39 is 0 Å². The van der Waals surface area contributed by atoms with Gasteiger partial charge in [0, 0.05) is 16.9 Å². The van der Waals surface area contributed by atoms with Crippen molar-refractivity contribution < 1.29 is 9.59 Å². The summed E-state index contributed by atoms with van der Waals surface area (Å²) in [5, 5.41) is 2.87. The van der Waals surface area contributed by atoms with Crippen molar-refractivity contribution in [2.24, 2.45) is 0 Å². The highest BCUT2D eigenvalue weighted by atomic mass is 32.2. The average Bonchev–Trinajstić information content (AvgIpc) is 3.16. The summed E-state index contributed by atoms with van der Waals surface area (Å²) in [4.78, 5) is 27.2. The Kier molecular flexibility index (Phi) is 6.14. The summed E-state index contributed by atoms with van der Waals surface area (Å²) in [5.74, 6) is 0.781. The molecule has 158 valence electrons. The molecule has 5 heteroatoms. The van der Waals surface area contributed by atoms with Gasteiger partial charge in [-0.05, 0) is 54.3 Å². The molecule has 1 aliphatic rings. The number of amides is 2. The summed E-state index contributed by atoms with van der Waals surface area (Å²) in [6.07, 6.45) is 0. The van der Waals surface area contributed by atoms with Gasteiger partial charge in [0.1, 0.15) is 5.37 Å². The number of nitrogens with one attached hydrogen (secondary N) is 1. The lowest BCUT2D eigenvalue weighted by Gasteiger charge is -2.27. The highest BCUT2D eigenvalue weighted by molar-refractivity contribution is 8.00. The van der Waals surface area contributed by atoms with Crippen LogP contribution in [-0.4, -0.2) is 17.6 Å². The van der Waals surface area contributed by atoms with Crippen LogP contribution in [0.25, 0.3) is 0 Å². The first-order valence-electron chi connectivity index (χ1n) is 10.4. The zero-order valence-corrected chi connectivity index (χ0v) is 18.8. The number of para-hydroxylation sites is 1. The number of nitrogens with zero attached hydrogens (tertiary/aromatic N) is 1. The van der Waals surface area contributed by atoms with E-state index in [-0.39, 0.29) is 17.2 Å². The molecule has 3 aromatic rings. The molecule has 0 unspecified atom stereocenters. The number of thioether (sulfide) groups is 1. The van der Waals surface area contributed by atoms with Gasteiger partial charge < -0.3 is 5.32 Å². The van der Waals surface area contributed by atoms with Gasteiger partial charge in [-0.25, -0.2) is 0 Å². The Labute approximate surface area is 187 Å². The fourth-order valence-corrected chi connectivity index (χ4v) is 4.93. The van der Waals surface area contributed by atoms with Gasteiger partial charge in [0.2, 0.25) is 5.91 Å². The minimum Gasteiger partial charge on any atom is -0.322 e. The van der Waals surface area contributed by atoms with Crippen LogP contribution in [0.2, 0.25) is 0 Å². The Morgan fingerprint density at radius 3 is 2.35 bits per heavy atom. The average molecular weight is 431 g/mol. The smallest absolute Gasteiger partial charge is 0.255 e. The summed E-state index contributed by atoms with van der Waals surface area (Å²) < 4.78 is 0.